The lowest BCUT2D eigenvalue weighted by molar-refractivity contribution is -0.117. The second kappa shape index (κ2) is 6.44. The fourth-order valence-electron chi connectivity index (χ4n) is 2.41. The molecule has 1 amide bonds. The summed E-state index contributed by atoms with van der Waals surface area (Å²) in [7, 11) is -2.03. The number of aromatic nitrogens is 1. The van der Waals surface area contributed by atoms with Crippen LogP contribution in [0.1, 0.15) is 5.56 Å². The number of sulfonamides is 1. The number of carbonyl (C=O) groups is 1. The number of allylic oxidation sites excluding steroid dienone is 2. The van der Waals surface area contributed by atoms with Crippen LogP contribution in [0.3, 0.4) is 0 Å². The number of carbonyl (C=O) groups excluding carboxylic acids is 1. The minimum Gasteiger partial charge on any atom is -0.481 e. The Bertz CT molecular complexity index is 858. The fraction of sp³-hybridized carbons (Fsp3) is 0.267. The van der Waals surface area contributed by atoms with Gasteiger partial charge in [-0.15, -0.1) is 4.40 Å². The van der Waals surface area contributed by atoms with Gasteiger partial charge in [0.25, 0.3) is 15.9 Å². The van der Waals surface area contributed by atoms with Crippen molar-refractivity contribution in [1.82, 2.24) is 15.2 Å². The molecule has 2 aliphatic rings. The second-order valence-electron chi connectivity index (χ2n) is 5.17. The van der Waals surface area contributed by atoms with Crippen molar-refractivity contribution in [3.8, 4) is 5.88 Å². The van der Waals surface area contributed by atoms with Crippen molar-refractivity contribution >= 4 is 21.8 Å². The number of hydrogen-bond acceptors (Lipinski definition) is 6. The number of ether oxygens (including phenoxy) is 1. The molecule has 0 saturated heterocycles. The van der Waals surface area contributed by atoms with E-state index in [9.17, 15) is 13.2 Å². The van der Waals surface area contributed by atoms with Gasteiger partial charge in [-0.05, 0) is 18.2 Å². The Morgan fingerprint density at radius 2 is 2.29 bits per heavy atom. The highest BCUT2D eigenvalue weighted by Crippen LogP contribution is 2.18. The number of rotatable bonds is 4. The molecule has 0 aliphatic carbocycles. The molecule has 0 saturated carbocycles. The Kier molecular flexibility index (Phi) is 4.34. The van der Waals surface area contributed by atoms with E-state index in [1.54, 1.807) is 41.6 Å². The normalized spacial score (nSPS) is 18.3. The van der Waals surface area contributed by atoms with Gasteiger partial charge in [-0.3, -0.25) is 4.79 Å². The van der Waals surface area contributed by atoms with Crippen molar-refractivity contribution in [3.63, 3.8) is 0 Å². The zero-order valence-corrected chi connectivity index (χ0v) is 13.8. The highest BCUT2D eigenvalue weighted by atomic mass is 32.2. The molecule has 0 aromatic carbocycles. The molecule has 1 aromatic rings. The van der Waals surface area contributed by atoms with Crippen LogP contribution in [-0.2, 0) is 21.4 Å². The van der Waals surface area contributed by atoms with E-state index < -0.39 is 15.9 Å². The van der Waals surface area contributed by atoms with E-state index in [4.69, 9.17) is 4.74 Å². The minimum atomic E-state index is -3.54. The van der Waals surface area contributed by atoms with Gasteiger partial charge in [0.05, 0.1) is 18.4 Å². The lowest BCUT2D eigenvalue weighted by atomic mass is 10.1. The Morgan fingerprint density at radius 1 is 1.46 bits per heavy atom. The molecule has 9 heteroatoms. The Balaban J connectivity index is 1.78. The van der Waals surface area contributed by atoms with Crippen molar-refractivity contribution in [2.45, 2.75) is 6.54 Å². The molecule has 0 bridgehead atoms. The van der Waals surface area contributed by atoms with Crippen molar-refractivity contribution in [2.75, 3.05) is 19.4 Å². The molecule has 1 N–H and O–H groups in total. The average Bonchev–Trinajstić information content (AvgIpc) is 2.58. The van der Waals surface area contributed by atoms with Gasteiger partial charge in [0.15, 0.2) is 5.84 Å². The first-order valence-corrected chi connectivity index (χ1v) is 8.85. The van der Waals surface area contributed by atoms with Gasteiger partial charge >= 0.3 is 0 Å². The van der Waals surface area contributed by atoms with Crippen molar-refractivity contribution in [2.24, 2.45) is 4.40 Å². The summed E-state index contributed by atoms with van der Waals surface area (Å²) in [6.45, 7) is 0.482. The molecule has 126 valence electrons. The SMILES string of the molecule is COc1ncccc1CNC(=O)C1=CC=CN2CCS(=O)(=O)N=C12. The zero-order chi connectivity index (χ0) is 17.2. The van der Waals surface area contributed by atoms with Crippen molar-refractivity contribution < 1.29 is 17.9 Å². The maximum atomic E-state index is 12.5. The molecule has 8 nitrogen and oxygen atoms in total. The first-order chi connectivity index (χ1) is 11.5. The molecule has 0 spiro atoms. The molecule has 0 fully saturated rings. The lowest BCUT2D eigenvalue weighted by Crippen LogP contribution is -2.42. The molecule has 24 heavy (non-hydrogen) atoms. The van der Waals surface area contributed by atoms with Crippen LogP contribution in [-0.4, -0.2) is 49.5 Å². The second-order valence-corrected chi connectivity index (χ2v) is 6.93. The summed E-state index contributed by atoms with van der Waals surface area (Å²) < 4.78 is 32.3. The van der Waals surface area contributed by atoms with Crippen LogP contribution in [0.5, 0.6) is 5.88 Å². The highest BCUT2D eigenvalue weighted by Gasteiger charge is 2.29. The Labute approximate surface area is 139 Å². The van der Waals surface area contributed by atoms with Crippen LogP contribution in [0.15, 0.2) is 46.7 Å². The summed E-state index contributed by atoms with van der Waals surface area (Å²) in [4.78, 5) is 18.2. The summed E-state index contributed by atoms with van der Waals surface area (Å²) >= 11 is 0. The average molecular weight is 348 g/mol. The number of amides is 1. The van der Waals surface area contributed by atoms with Gasteiger partial charge in [-0.2, -0.15) is 0 Å². The molecule has 0 atom stereocenters. The quantitative estimate of drug-likeness (QED) is 0.834. The van der Waals surface area contributed by atoms with Crippen LogP contribution >= 0.6 is 0 Å². The molecule has 2 aliphatic heterocycles. The van der Waals surface area contributed by atoms with Crippen LogP contribution < -0.4 is 10.1 Å². The summed E-state index contributed by atoms with van der Waals surface area (Å²) in [5, 5.41) is 2.74. The topological polar surface area (TPSA) is 101 Å². The van der Waals surface area contributed by atoms with Gasteiger partial charge in [-0.25, -0.2) is 13.4 Å². The van der Waals surface area contributed by atoms with Crippen LogP contribution in [0.4, 0.5) is 0 Å². The Morgan fingerprint density at radius 3 is 3.08 bits per heavy atom. The maximum Gasteiger partial charge on any atom is 0.256 e. The van der Waals surface area contributed by atoms with E-state index in [1.165, 1.54) is 7.11 Å². The maximum absolute atomic E-state index is 12.5. The lowest BCUT2D eigenvalue weighted by Gasteiger charge is -2.28. The van der Waals surface area contributed by atoms with Gasteiger partial charge in [0.2, 0.25) is 5.88 Å². The Hall–Kier alpha value is -2.68. The fourth-order valence-corrected chi connectivity index (χ4v) is 3.39. The number of pyridine rings is 1. The van der Waals surface area contributed by atoms with E-state index in [0.717, 1.165) is 5.56 Å². The minimum absolute atomic E-state index is 0.0668. The molecule has 0 radical (unpaired) electrons. The van der Waals surface area contributed by atoms with Gasteiger partial charge in [0.1, 0.15) is 0 Å². The van der Waals surface area contributed by atoms with Crippen LogP contribution in [0.2, 0.25) is 0 Å². The van der Waals surface area contributed by atoms with Crippen LogP contribution in [0.25, 0.3) is 0 Å². The summed E-state index contributed by atoms with van der Waals surface area (Å²) in [6, 6.07) is 3.53. The highest BCUT2D eigenvalue weighted by molar-refractivity contribution is 7.90. The number of methoxy groups -OCH3 is 1. The number of nitrogens with zero attached hydrogens (tertiary/aromatic N) is 3. The number of nitrogens with one attached hydrogen (secondary N) is 1. The van der Waals surface area contributed by atoms with Gasteiger partial charge < -0.3 is 15.0 Å². The van der Waals surface area contributed by atoms with E-state index in [2.05, 4.69) is 14.7 Å². The third kappa shape index (κ3) is 3.30. The monoisotopic (exact) mass is 348 g/mol. The molecule has 3 heterocycles. The molecular formula is C15H16N4O4S. The van der Waals surface area contributed by atoms with Crippen molar-refractivity contribution in [1.29, 1.82) is 0 Å². The van der Waals surface area contributed by atoms with E-state index in [1.807, 2.05) is 0 Å². The molecule has 3 rings (SSSR count). The largest absolute Gasteiger partial charge is 0.481 e. The van der Waals surface area contributed by atoms with E-state index >= 15 is 0 Å². The standard InChI is InChI=1S/C15H16N4O4S/c1-23-15-11(4-2-6-16-15)10-17-14(20)12-5-3-7-19-8-9-24(21,22)18-13(12)19/h2-7H,8-10H2,1H3,(H,17,20). The summed E-state index contributed by atoms with van der Waals surface area (Å²) in [5.74, 6) is 0.0999. The number of hydrogen-bond donors (Lipinski definition) is 1. The predicted molar refractivity (Wildman–Crippen MR) is 87.8 cm³/mol. The first-order valence-electron chi connectivity index (χ1n) is 7.24. The first kappa shape index (κ1) is 16.2. The van der Waals surface area contributed by atoms with Crippen molar-refractivity contribution in [3.05, 3.63) is 47.8 Å². The zero-order valence-electron chi connectivity index (χ0n) is 13.0. The molecule has 1 aromatic heterocycles. The predicted octanol–water partition coefficient (Wildman–Crippen LogP) is 0.204. The van der Waals surface area contributed by atoms with Crippen LogP contribution in [0, 0.1) is 0 Å². The number of amidine groups is 1. The van der Waals surface area contributed by atoms with Gasteiger partial charge in [-0.1, -0.05) is 6.07 Å². The summed E-state index contributed by atoms with van der Waals surface area (Å²) in [5.41, 5.74) is 0.930. The summed E-state index contributed by atoms with van der Waals surface area (Å²) in [6.07, 6.45) is 6.54. The van der Waals surface area contributed by atoms with E-state index in [-0.39, 0.29) is 30.3 Å². The third-order valence-electron chi connectivity index (χ3n) is 3.58. The number of fused-ring (bicyclic) bond motifs is 1. The van der Waals surface area contributed by atoms with E-state index in [0.29, 0.717) is 5.88 Å². The smallest absolute Gasteiger partial charge is 0.256 e. The third-order valence-corrected chi connectivity index (χ3v) is 4.73. The molecule has 0 unspecified atom stereocenters. The molecular weight excluding hydrogens is 332 g/mol. The van der Waals surface area contributed by atoms with Gasteiger partial charge in [0, 0.05) is 31.0 Å².